The number of rotatable bonds is 0. The summed E-state index contributed by atoms with van der Waals surface area (Å²) in [5.74, 6) is 0.402. The van der Waals surface area contributed by atoms with E-state index in [9.17, 15) is 4.79 Å². The SMILES string of the molecule is O=C1CCNCC1.c1ccc2ncccc2c1. The Balaban J connectivity index is 0.000000136. The molecule has 0 atom stereocenters. The molecule has 0 radical (unpaired) electrons. The van der Waals surface area contributed by atoms with E-state index in [0.717, 1.165) is 31.4 Å². The number of nitrogens with zero attached hydrogens (tertiary/aromatic N) is 1. The molecule has 2 heterocycles. The van der Waals surface area contributed by atoms with Crippen molar-refractivity contribution in [2.24, 2.45) is 0 Å². The minimum Gasteiger partial charge on any atom is -0.316 e. The van der Waals surface area contributed by atoms with Gasteiger partial charge in [0.15, 0.2) is 0 Å². The lowest BCUT2D eigenvalue weighted by Gasteiger charge is -2.08. The maximum absolute atomic E-state index is 10.4. The highest BCUT2D eigenvalue weighted by Crippen LogP contribution is 2.07. The fourth-order valence-corrected chi connectivity index (χ4v) is 1.72. The molecule has 1 saturated heterocycles. The predicted molar refractivity (Wildman–Crippen MR) is 68.9 cm³/mol. The standard InChI is InChI=1S/C9H7N.C5H9NO/c1-2-6-9-8(4-1)5-3-7-10-9;7-5-1-3-6-4-2-5/h1-7H;6H,1-4H2. The lowest BCUT2D eigenvalue weighted by Crippen LogP contribution is -2.27. The van der Waals surface area contributed by atoms with Crippen LogP contribution in [-0.4, -0.2) is 23.9 Å². The van der Waals surface area contributed by atoms with Gasteiger partial charge < -0.3 is 5.32 Å². The number of nitrogens with one attached hydrogen (secondary N) is 1. The summed E-state index contributed by atoms with van der Waals surface area (Å²) in [6.07, 6.45) is 3.28. The van der Waals surface area contributed by atoms with Gasteiger partial charge in [0.25, 0.3) is 0 Å². The molecule has 3 rings (SSSR count). The van der Waals surface area contributed by atoms with E-state index in [1.807, 2.05) is 30.5 Å². The number of aromatic nitrogens is 1. The minimum absolute atomic E-state index is 0.402. The summed E-state index contributed by atoms with van der Waals surface area (Å²) in [5, 5.41) is 4.29. The van der Waals surface area contributed by atoms with Crippen LogP contribution >= 0.6 is 0 Å². The van der Waals surface area contributed by atoms with Gasteiger partial charge in [-0.15, -0.1) is 0 Å². The molecule has 0 unspecified atom stereocenters. The lowest BCUT2D eigenvalue weighted by molar-refractivity contribution is -0.119. The number of hydrogen-bond acceptors (Lipinski definition) is 3. The zero-order valence-electron chi connectivity index (χ0n) is 9.73. The van der Waals surface area contributed by atoms with E-state index >= 15 is 0 Å². The van der Waals surface area contributed by atoms with Crippen LogP contribution in [0.1, 0.15) is 12.8 Å². The molecular formula is C14H16N2O. The molecule has 0 bridgehead atoms. The Labute approximate surface area is 101 Å². The van der Waals surface area contributed by atoms with Crippen molar-refractivity contribution in [3.63, 3.8) is 0 Å². The smallest absolute Gasteiger partial charge is 0.135 e. The normalized spacial score (nSPS) is 15.2. The summed E-state index contributed by atoms with van der Waals surface area (Å²) >= 11 is 0. The highest BCUT2D eigenvalue weighted by Gasteiger charge is 2.04. The number of carbonyl (C=O) groups is 1. The van der Waals surface area contributed by atoms with Gasteiger partial charge >= 0.3 is 0 Å². The van der Waals surface area contributed by atoms with Gasteiger partial charge in [-0.25, -0.2) is 0 Å². The summed E-state index contributed by atoms with van der Waals surface area (Å²) in [6.45, 7) is 1.78. The topological polar surface area (TPSA) is 42.0 Å². The predicted octanol–water partition coefficient (Wildman–Crippen LogP) is 2.17. The summed E-state index contributed by atoms with van der Waals surface area (Å²) in [4.78, 5) is 14.6. The fourth-order valence-electron chi connectivity index (χ4n) is 1.72. The van der Waals surface area contributed by atoms with E-state index in [4.69, 9.17) is 0 Å². The number of Topliss-reactive ketones (excluding diaryl/α,β-unsaturated/α-hetero) is 1. The molecule has 0 aliphatic carbocycles. The first-order valence-electron chi connectivity index (χ1n) is 5.88. The van der Waals surface area contributed by atoms with Crippen LogP contribution in [0, 0.1) is 0 Å². The molecule has 0 amide bonds. The Morgan fingerprint density at radius 3 is 2.35 bits per heavy atom. The number of pyridine rings is 1. The molecule has 1 aromatic heterocycles. The second-order valence-corrected chi connectivity index (χ2v) is 3.98. The van der Waals surface area contributed by atoms with Gasteiger partial charge in [0, 0.05) is 37.5 Å². The molecule has 17 heavy (non-hydrogen) atoms. The number of hydrogen-bond donors (Lipinski definition) is 1. The Morgan fingerprint density at radius 1 is 1.00 bits per heavy atom. The largest absolute Gasteiger partial charge is 0.316 e. The summed E-state index contributed by atoms with van der Waals surface area (Å²) in [7, 11) is 0. The third-order valence-electron chi connectivity index (χ3n) is 2.67. The van der Waals surface area contributed by atoms with E-state index in [2.05, 4.69) is 22.4 Å². The van der Waals surface area contributed by atoms with Crippen LogP contribution in [0.15, 0.2) is 42.6 Å². The number of piperidine rings is 1. The molecule has 2 aromatic rings. The monoisotopic (exact) mass is 228 g/mol. The van der Waals surface area contributed by atoms with Gasteiger partial charge in [-0.2, -0.15) is 0 Å². The highest BCUT2D eigenvalue weighted by atomic mass is 16.1. The fraction of sp³-hybridized carbons (Fsp3) is 0.286. The lowest BCUT2D eigenvalue weighted by atomic mass is 10.1. The van der Waals surface area contributed by atoms with Gasteiger partial charge in [-0.3, -0.25) is 9.78 Å². The van der Waals surface area contributed by atoms with Crippen LogP contribution in [0.3, 0.4) is 0 Å². The van der Waals surface area contributed by atoms with Gasteiger partial charge in [0.05, 0.1) is 5.52 Å². The van der Waals surface area contributed by atoms with E-state index in [-0.39, 0.29) is 0 Å². The Kier molecular flexibility index (Phi) is 4.22. The number of carbonyl (C=O) groups excluding carboxylic acids is 1. The molecular weight excluding hydrogens is 212 g/mol. The van der Waals surface area contributed by atoms with Crippen molar-refractivity contribution >= 4 is 16.7 Å². The van der Waals surface area contributed by atoms with Crippen LogP contribution in [0.25, 0.3) is 10.9 Å². The molecule has 0 spiro atoms. The third-order valence-corrected chi connectivity index (χ3v) is 2.67. The average Bonchev–Trinajstić information content (AvgIpc) is 2.41. The summed E-state index contributed by atoms with van der Waals surface area (Å²) in [5.41, 5.74) is 1.06. The zero-order chi connectivity index (χ0) is 11.9. The first-order chi connectivity index (χ1) is 8.36. The van der Waals surface area contributed by atoms with E-state index < -0.39 is 0 Å². The van der Waals surface area contributed by atoms with Crippen molar-refractivity contribution in [1.82, 2.24) is 10.3 Å². The molecule has 88 valence electrons. The second kappa shape index (κ2) is 6.11. The Morgan fingerprint density at radius 2 is 1.71 bits per heavy atom. The molecule has 0 saturated carbocycles. The molecule has 1 aromatic carbocycles. The molecule has 3 heteroatoms. The van der Waals surface area contributed by atoms with Crippen molar-refractivity contribution in [2.45, 2.75) is 12.8 Å². The van der Waals surface area contributed by atoms with E-state index in [1.165, 1.54) is 5.39 Å². The first-order valence-corrected chi connectivity index (χ1v) is 5.88. The van der Waals surface area contributed by atoms with Crippen molar-refractivity contribution in [2.75, 3.05) is 13.1 Å². The van der Waals surface area contributed by atoms with Crippen molar-refractivity contribution in [1.29, 1.82) is 0 Å². The maximum Gasteiger partial charge on any atom is 0.135 e. The molecule has 1 aliphatic heterocycles. The Bertz CT molecular complexity index is 423. The van der Waals surface area contributed by atoms with Gasteiger partial charge in [-0.05, 0) is 12.1 Å². The van der Waals surface area contributed by atoms with Crippen molar-refractivity contribution in [3.8, 4) is 0 Å². The molecule has 1 aliphatic rings. The van der Waals surface area contributed by atoms with Crippen molar-refractivity contribution < 1.29 is 4.79 Å². The van der Waals surface area contributed by atoms with Crippen LogP contribution in [0.2, 0.25) is 0 Å². The van der Waals surface area contributed by atoms with E-state index in [1.54, 1.807) is 0 Å². The zero-order valence-corrected chi connectivity index (χ0v) is 9.73. The second-order valence-electron chi connectivity index (χ2n) is 3.98. The van der Waals surface area contributed by atoms with Crippen LogP contribution in [-0.2, 0) is 4.79 Å². The summed E-state index contributed by atoms with van der Waals surface area (Å²) < 4.78 is 0. The molecule has 1 N–H and O–H groups in total. The van der Waals surface area contributed by atoms with Gasteiger partial charge in [0.1, 0.15) is 5.78 Å². The third kappa shape index (κ3) is 3.64. The number of ketones is 1. The molecule has 1 fully saturated rings. The number of fused-ring (bicyclic) bond motifs is 1. The van der Waals surface area contributed by atoms with Crippen LogP contribution in [0.5, 0.6) is 0 Å². The Hall–Kier alpha value is -1.74. The van der Waals surface area contributed by atoms with Gasteiger partial charge in [0.2, 0.25) is 0 Å². The highest BCUT2D eigenvalue weighted by molar-refractivity contribution is 5.79. The molecule has 3 nitrogen and oxygen atoms in total. The minimum atomic E-state index is 0.402. The van der Waals surface area contributed by atoms with Gasteiger partial charge in [-0.1, -0.05) is 24.3 Å². The quantitative estimate of drug-likeness (QED) is 0.751. The first kappa shape index (κ1) is 11.7. The van der Waals surface area contributed by atoms with Crippen LogP contribution < -0.4 is 5.32 Å². The number of para-hydroxylation sites is 1. The van der Waals surface area contributed by atoms with E-state index in [0.29, 0.717) is 5.78 Å². The van der Waals surface area contributed by atoms with Crippen LogP contribution in [0.4, 0.5) is 0 Å². The summed E-state index contributed by atoms with van der Waals surface area (Å²) in [6, 6.07) is 12.1. The average molecular weight is 228 g/mol. The number of benzene rings is 1. The van der Waals surface area contributed by atoms with Crippen molar-refractivity contribution in [3.05, 3.63) is 42.6 Å². The maximum atomic E-state index is 10.4.